The van der Waals surface area contributed by atoms with Crippen LogP contribution in [0.25, 0.3) is 0 Å². The summed E-state index contributed by atoms with van der Waals surface area (Å²) in [5, 5.41) is 12.9. The average Bonchev–Trinajstić information content (AvgIpc) is 3.19. The maximum absolute atomic E-state index is 11.6. The lowest BCUT2D eigenvalue weighted by atomic mass is 9.97. The molecule has 2 saturated heterocycles. The molecule has 2 aliphatic heterocycles. The topological polar surface area (TPSA) is 55.8 Å². The highest BCUT2D eigenvalue weighted by Crippen LogP contribution is 2.25. The van der Waals surface area contributed by atoms with Gasteiger partial charge in [0.15, 0.2) is 0 Å². The lowest BCUT2D eigenvalue weighted by molar-refractivity contribution is -0.144. The van der Waals surface area contributed by atoms with Gasteiger partial charge in [-0.2, -0.15) is 0 Å². The molecule has 1 aliphatic carbocycles. The third kappa shape index (κ3) is 3.76. The van der Waals surface area contributed by atoms with E-state index in [0.717, 1.165) is 32.5 Å². The van der Waals surface area contributed by atoms with Gasteiger partial charge < -0.3 is 10.0 Å². The fourth-order valence-corrected chi connectivity index (χ4v) is 3.79. The molecule has 0 radical (unpaired) electrons. The summed E-state index contributed by atoms with van der Waals surface area (Å²) < 4.78 is 0. The minimum Gasteiger partial charge on any atom is -0.480 e. The molecule has 21 heavy (non-hydrogen) atoms. The fraction of sp³-hybridized carbons (Fsp3) is 0.938. The van der Waals surface area contributed by atoms with Crippen molar-refractivity contribution in [1.82, 2.24) is 15.1 Å². The second-order valence-electron chi connectivity index (χ2n) is 7.29. The normalized spacial score (nSPS) is 30.6. The van der Waals surface area contributed by atoms with Gasteiger partial charge in [-0.3, -0.25) is 15.0 Å². The van der Waals surface area contributed by atoms with Crippen LogP contribution in [0, 0.1) is 0 Å². The summed E-state index contributed by atoms with van der Waals surface area (Å²) in [6.07, 6.45) is 6.82. The van der Waals surface area contributed by atoms with Crippen molar-refractivity contribution >= 4 is 5.97 Å². The molecule has 5 heteroatoms. The van der Waals surface area contributed by atoms with Crippen molar-refractivity contribution in [3.05, 3.63) is 0 Å². The Labute approximate surface area is 127 Å². The van der Waals surface area contributed by atoms with Crippen molar-refractivity contribution in [3.63, 3.8) is 0 Å². The number of carbonyl (C=O) groups is 1. The average molecular weight is 295 g/mol. The molecule has 0 aromatic heterocycles. The molecule has 2 unspecified atom stereocenters. The fourth-order valence-electron chi connectivity index (χ4n) is 3.79. The van der Waals surface area contributed by atoms with Crippen molar-refractivity contribution in [2.45, 2.75) is 63.1 Å². The standard InChI is InChI=1S/C16H29N3O2/c1-16(15(20)21,17-13-5-6-13)7-11-18-8-3-10-19-9-2-4-14(19)12-18/h13-14,17H,2-12H2,1H3,(H,20,21). The number of aliphatic carboxylic acids is 1. The molecule has 3 fully saturated rings. The summed E-state index contributed by atoms with van der Waals surface area (Å²) in [6.45, 7) is 7.47. The van der Waals surface area contributed by atoms with Crippen molar-refractivity contribution < 1.29 is 9.90 Å². The molecule has 3 rings (SSSR count). The Morgan fingerprint density at radius 2 is 2.00 bits per heavy atom. The van der Waals surface area contributed by atoms with Gasteiger partial charge in [0.05, 0.1) is 0 Å². The van der Waals surface area contributed by atoms with Crippen molar-refractivity contribution in [2.75, 3.05) is 32.7 Å². The highest BCUT2D eigenvalue weighted by Gasteiger charge is 2.39. The summed E-state index contributed by atoms with van der Waals surface area (Å²) in [7, 11) is 0. The summed E-state index contributed by atoms with van der Waals surface area (Å²) in [5.74, 6) is -0.702. The summed E-state index contributed by atoms with van der Waals surface area (Å²) in [5.41, 5.74) is -0.761. The minimum absolute atomic E-state index is 0.431. The largest absolute Gasteiger partial charge is 0.480 e. The van der Waals surface area contributed by atoms with E-state index in [-0.39, 0.29) is 0 Å². The van der Waals surface area contributed by atoms with Gasteiger partial charge in [-0.25, -0.2) is 0 Å². The van der Waals surface area contributed by atoms with Crippen LogP contribution in [0.5, 0.6) is 0 Å². The van der Waals surface area contributed by atoms with E-state index in [0.29, 0.717) is 18.5 Å². The SMILES string of the molecule is CC(CCN1CCCN2CCCC2C1)(NC1CC1)C(=O)O. The number of fused-ring (bicyclic) bond motifs is 1. The molecule has 0 spiro atoms. The Bertz CT molecular complexity index is 386. The van der Waals surface area contributed by atoms with Crippen LogP contribution in [0.2, 0.25) is 0 Å². The maximum Gasteiger partial charge on any atom is 0.323 e. The molecule has 5 nitrogen and oxygen atoms in total. The van der Waals surface area contributed by atoms with Gasteiger partial charge in [-0.15, -0.1) is 0 Å². The minimum atomic E-state index is -0.761. The Morgan fingerprint density at radius 1 is 1.24 bits per heavy atom. The molecule has 2 N–H and O–H groups in total. The Morgan fingerprint density at radius 3 is 2.71 bits per heavy atom. The number of rotatable bonds is 6. The van der Waals surface area contributed by atoms with E-state index < -0.39 is 11.5 Å². The van der Waals surface area contributed by atoms with Gasteiger partial charge in [0.25, 0.3) is 0 Å². The number of carboxylic acid groups (broad SMARTS) is 1. The zero-order valence-electron chi connectivity index (χ0n) is 13.2. The van der Waals surface area contributed by atoms with E-state index in [1.165, 1.54) is 32.4 Å². The molecular formula is C16H29N3O2. The first-order chi connectivity index (χ1) is 10.1. The van der Waals surface area contributed by atoms with Crippen molar-refractivity contribution in [1.29, 1.82) is 0 Å². The smallest absolute Gasteiger partial charge is 0.323 e. The van der Waals surface area contributed by atoms with Gasteiger partial charge in [0.1, 0.15) is 5.54 Å². The molecule has 1 saturated carbocycles. The van der Waals surface area contributed by atoms with Gasteiger partial charge >= 0.3 is 5.97 Å². The quantitative estimate of drug-likeness (QED) is 0.770. The van der Waals surface area contributed by atoms with Crippen LogP contribution in [-0.2, 0) is 4.79 Å². The Hall–Kier alpha value is -0.650. The first kappa shape index (κ1) is 15.3. The molecule has 3 aliphatic rings. The first-order valence-electron chi connectivity index (χ1n) is 8.54. The van der Waals surface area contributed by atoms with Gasteiger partial charge in [0.2, 0.25) is 0 Å². The van der Waals surface area contributed by atoms with Crippen molar-refractivity contribution in [2.24, 2.45) is 0 Å². The number of hydrogen-bond donors (Lipinski definition) is 2. The first-order valence-corrected chi connectivity index (χ1v) is 8.54. The molecule has 0 bridgehead atoms. The number of carboxylic acids is 1. The summed E-state index contributed by atoms with van der Waals surface area (Å²) in [6, 6.07) is 1.14. The van der Waals surface area contributed by atoms with Crippen LogP contribution in [0.3, 0.4) is 0 Å². The third-order valence-corrected chi connectivity index (χ3v) is 5.39. The second kappa shape index (κ2) is 6.23. The molecule has 2 heterocycles. The van der Waals surface area contributed by atoms with E-state index in [2.05, 4.69) is 15.1 Å². The molecule has 2 atom stereocenters. The summed E-state index contributed by atoms with van der Waals surface area (Å²) in [4.78, 5) is 16.7. The zero-order valence-corrected chi connectivity index (χ0v) is 13.2. The predicted molar refractivity (Wildman–Crippen MR) is 82.5 cm³/mol. The number of nitrogens with one attached hydrogen (secondary N) is 1. The van der Waals surface area contributed by atoms with E-state index in [1.807, 2.05) is 6.92 Å². The Kier molecular flexibility index (Phi) is 4.52. The molecular weight excluding hydrogens is 266 g/mol. The molecule has 0 amide bonds. The van der Waals surface area contributed by atoms with Crippen LogP contribution in [0.4, 0.5) is 0 Å². The van der Waals surface area contributed by atoms with Crippen LogP contribution < -0.4 is 5.32 Å². The van der Waals surface area contributed by atoms with Crippen LogP contribution in [-0.4, -0.2) is 71.2 Å². The highest BCUT2D eigenvalue weighted by atomic mass is 16.4. The lowest BCUT2D eigenvalue weighted by Crippen LogP contribution is -2.52. The van der Waals surface area contributed by atoms with E-state index in [1.54, 1.807) is 0 Å². The maximum atomic E-state index is 11.6. The molecule has 0 aromatic carbocycles. The second-order valence-corrected chi connectivity index (χ2v) is 7.29. The highest BCUT2D eigenvalue weighted by molar-refractivity contribution is 5.78. The van der Waals surface area contributed by atoms with Gasteiger partial charge in [-0.05, 0) is 65.1 Å². The van der Waals surface area contributed by atoms with E-state index in [4.69, 9.17) is 0 Å². The van der Waals surface area contributed by atoms with Gasteiger partial charge in [-0.1, -0.05) is 0 Å². The van der Waals surface area contributed by atoms with Crippen molar-refractivity contribution in [3.8, 4) is 0 Å². The summed E-state index contributed by atoms with van der Waals surface area (Å²) >= 11 is 0. The lowest BCUT2D eigenvalue weighted by Gasteiger charge is -2.31. The monoisotopic (exact) mass is 295 g/mol. The Balaban J connectivity index is 1.53. The zero-order chi connectivity index (χ0) is 14.9. The number of nitrogens with zero attached hydrogens (tertiary/aromatic N) is 2. The van der Waals surface area contributed by atoms with E-state index >= 15 is 0 Å². The van der Waals surface area contributed by atoms with E-state index in [9.17, 15) is 9.90 Å². The predicted octanol–water partition coefficient (Wildman–Crippen LogP) is 1.14. The van der Waals surface area contributed by atoms with Crippen LogP contribution in [0.15, 0.2) is 0 Å². The number of hydrogen-bond acceptors (Lipinski definition) is 4. The van der Waals surface area contributed by atoms with Gasteiger partial charge in [0, 0.05) is 25.2 Å². The molecule has 120 valence electrons. The molecule has 0 aromatic rings. The van der Waals surface area contributed by atoms with Crippen LogP contribution in [0.1, 0.15) is 45.4 Å². The van der Waals surface area contributed by atoms with Crippen LogP contribution >= 0.6 is 0 Å². The third-order valence-electron chi connectivity index (χ3n) is 5.39.